The van der Waals surface area contributed by atoms with E-state index in [2.05, 4.69) is 10.2 Å². The van der Waals surface area contributed by atoms with Crippen LogP contribution in [0, 0.1) is 0 Å². The first kappa shape index (κ1) is 16.0. The number of amides is 2. The number of nitrogens with zero attached hydrogens (tertiary/aromatic N) is 5. The molecule has 23 heavy (non-hydrogen) atoms. The van der Waals surface area contributed by atoms with Crippen molar-refractivity contribution in [3.63, 3.8) is 0 Å². The molecule has 0 aliphatic carbocycles. The Kier molecular flexibility index (Phi) is 4.93. The van der Waals surface area contributed by atoms with E-state index in [-0.39, 0.29) is 24.3 Å². The van der Waals surface area contributed by atoms with Gasteiger partial charge in [0, 0.05) is 39.0 Å². The van der Waals surface area contributed by atoms with Crippen LogP contribution in [0.3, 0.4) is 0 Å². The van der Waals surface area contributed by atoms with Crippen LogP contribution >= 0.6 is 0 Å². The minimum atomic E-state index is 0.0621. The zero-order valence-electron chi connectivity index (χ0n) is 13.8. The zero-order chi connectivity index (χ0) is 16.2. The minimum absolute atomic E-state index is 0.0621. The Morgan fingerprint density at radius 1 is 1.26 bits per heavy atom. The number of carbonyl (C=O) groups is 2. The molecule has 1 aromatic rings. The first-order chi connectivity index (χ1) is 11.1. The molecule has 3 rings (SSSR count). The van der Waals surface area contributed by atoms with E-state index in [1.54, 1.807) is 11.2 Å². The van der Waals surface area contributed by atoms with Gasteiger partial charge < -0.3 is 14.4 Å². The maximum Gasteiger partial charge on any atom is 0.242 e. The Morgan fingerprint density at radius 3 is 2.91 bits per heavy atom. The first-order valence-electron chi connectivity index (χ1n) is 8.54. The average Bonchev–Trinajstić information content (AvgIpc) is 2.89. The molecule has 126 valence electrons. The van der Waals surface area contributed by atoms with Crippen molar-refractivity contribution >= 4 is 11.8 Å². The fraction of sp³-hybridized carbons (Fsp3) is 0.750. The lowest BCUT2D eigenvalue weighted by atomic mass is 9.97. The topological polar surface area (TPSA) is 71.3 Å². The SMILES string of the molecule is Cn1cnnc1[C@H]1CCCN(C(=O)CN2CCCCCC2=O)C1. The fourth-order valence-corrected chi connectivity index (χ4v) is 3.55. The van der Waals surface area contributed by atoms with Crippen molar-refractivity contribution in [1.29, 1.82) is 0 Å². The molecule has 7 nitrogen and oxygen atoms in total. The summed E-state index contributed by atoms with van der Waals surface area (Å²) in [7, 11) is 1.94. The molecule has 1 atom stereocenters. The molecule has 2 aliphatic heterocycles. The van der Waals surface area contributed by atoms with E-state index in [0.29, 0.717) is 19.5 Å². The van der Waals surface area contributed by atoms with Crippen molar-refractivity contribution in [1.82, 2.24) is 24.6 Å². The largest absolute Gasteiger partial charge is 0.340 e. The van der Waals surface area contributed by atoms with E-state index in [9.17, 15) is 9.59 Å². The Hall–Kier alpha value is -1.92. The average molecular weight is 319 g/mol. The number of piperidine rings is 1. The van der Waals surface area contributed by atoms with Gasteiger partial charge >= 0.3 is 0 Å². The molecule has 0 unspecified atom stereocenters. The lowest BCUT2D eigenvalue weighted by Gasteiger charge is -2.33. The van der Waals surface area contributed by atoms with Gasteiger partial charge in [0.25, 0.3) is 0 Å². The molecule has 0 radical (unpaired) electrons. The number of hydrogen-bond acceptors (Lipinski definition) is 4. The van der Waals surface area contributed by atoms with Crippen LogP contribution < -0.4 is 0 Å². The quantitative estimate of drug-likeness (QED) is 0.831. The van der Waals surface area contributed by atoms with Gasteiger partial charge in [-0.3, -0.25) is 9.59 Å². The summed E-state index contributed by atoms with van der Waals surface area (Å²) in [5, 5.41) is 8.12. The Bertz CT molecular complexity index is 571. The molecular formula is C16H25N5O2. The van der Waals surface area contributed by atoms with Crippen LogP contribution in [-0.4, -0.2) is 62.6 Å². The van der Waals surface area contributed by atoms with Gasteiger partial charge in [-0.15, -0.1) is 10.2 Å². The molecule has 2 amide bonds. The lowest BCUT2D eigenvalue weighted by molar-refractivity contribution is -0.140. The third-order valence-electron chi connectivity index (χ3n) is 4.88. The predicted molar refractivity (Wildman–Crippen MR) is 84.6 cm³/mol. The summed E-state index contributed by atoms with van der Waals surface area (Å²) >= 11 is 0. The summed E-state index contributed by atoms with van der Waals surface area (Å²) < 4.78 is 1.93. The lowest BCUT2D eigenvalue weighted by Crippen LogP contribution is -2.46. The smallest absolute Gasteiger partial charge is 0.242 e. The highest BCUT2D eigenvalue weighted by molar-refractivity contribution is 5.85. The maximum atomic E-state index is 12.6. The van der Waals surface area contributed by atoms with Gasteiger partial charge in [0.05, 0.1) is 6.54 Å². The molecule has 0 N–H and O–H groups in total. The summed E-state index contributed by atoms with van der Waals surface area (Å²) in [6.45, 7) is 2.39. The van der Waals surface area contributed by atoms with Gasteiger partial charge in [-0.2, -0.15) is 0 Å². The highest BCUT2D eigenvalue weighted by Gasteiger charge is 2.29. The van der Waals surface area contributed by atoms with Gasteiger partial charge in [-0.1, -0.05) is 6.42 Å². The zero-order valence-corrected chi connectivity index (χ0v) is 13.8. The van der Waals surface area contributed by atoms with Crippen molar-refractivity contribution in [2.45, 2.75) is 44.4 Å². The molecule has 2 aliphatic rings. The Morgan fingerprint density at radius 2 is 2.13 bits per heavy atom. The van der Waals surface area contributed by atoms with Gasteiger partial charge in [0.2, 0.25) is 11.8 Å². The monoisotopic (exact) mass is 319 g/mol. The Balaban J connectivity index is 1.60. The van der Waals surface area contributed by atoms with Crippen LogP contribution in [0.5, 0.6) is 0 Å². The summed E-state index contributed by atoms with van der Waals surface area (Å²) in [5.74, 6) is 1.36. The van der Waals surface area contributed by atoms with Crippen molar-refractivity contribution < 1.29 is 9.59 Å². The van der Waals surface area contributed by atoms with Crippen molar-refractivity contribution in [3.05, 3.63) is 12.2 Å². The molecule has 1 aromatic heterocycles. The van der Waals surface area contributed by atoms with Gasteiger partial charge in [-0.05, 0) is 25.7 Å². The van der Waals surface area contributed by atoms with Crippen molar-refractivity contribution in [2.75, 3.05) is 26.2 Å². The third kappa shape index (κ3) is 3.71. The number of aromatic nitrogens is 3. The second kappa shape index (κ2) is 7.10. The van der Waals surface area contributed by atoms with Gasteiger partial charge in [-0.25, -0.2) is 0 Å². The molecule has 7 heteroatoms. The fourth-order valence-electron chi connectivity index (χ4n) is 3.55. The van der Waals surface area contributed by atoms with Gasteiger partial charge in [0.15, 0.2) is 0 Å². The normalized spacial score (nSPS) is 23.0. The van der Waals surface area contributed by atoms with E-state index in [0.717, 1.165) is 44.5 Å². The summed E-state index contributed by atoms with van der Waals surface area (Å²) in [6.07, 6.45) is 7.30. The Labute approximate surface area is 136 Å². The molecule has 3 heterocycles. The highest BCUT2D eigenvalue weighted by Crippen LogP contribution is 2.25. The molecule has 0 spiro atoms. The van der Waals surface area contributed by atoms with Crippen LogP contribution in [0.15, 0.2) is 6.33 Å². The van der Waals surface area contributed by atoms with Crippen LogP contribution in [-0.2, 0) is 16.6 Å². The molecule has 0 aromatic carbocycles. The standard InChI is InChI=1S/C16H25N5O2/c1-19-12-17-18-16(19)13-6-5-9-20(10-13)15(23)11-21-8-4-2-3-7-14(21)22/h12-13H,2-11H2,1H3/t13-/m0/s1. The van der Waals surface area contributed by atoms with E-state index >= 15 is 0 Å². The second-order valence-electron chi connectivity index (χ2n) is 6.60. The second-order valence-corrected chi connectivity index (χ2v) is 6.60. The first-order valence-corrected chi connectivity index (χ1v) is 8.54. The van der Waals surface area contributed by atoms with Crippen LogP contribution in [0.4, 0.5) is 0 Å². The van der Waals surface area contributed by atoms with E-state index in [1.165, 1.54) is 0 Å². The number of rotatable bonds is 3. The summed E-state index contributed by atoms with van der Waals surface area (Å²) in [5.41, 5.74) is 0. The maximum absolute atomic E-state index is 12.6. The highest BCUT2D eigenvalue weighted by atomic mass is 16.2. The van der Waals surface area contributed by atoms with Crippen LogP contribution in [0.25, 0.3) is 0 Å². The molecule has 0 saturated carbocycles. The molecule has 0 bridgehead atoms. The number of aryl methyl sites for hydroxylation is 1. The van der Waals surface area contributed by atoms with E-state index < -0.39 is 0 Å². The third-order valence-corrected chi connectivity index (χ3v) is 4.88. The van der Waals surface area contributed by atoms with Crippen LogP contribution in [0.1, 0.15) is 50.3 Å². The number of likely N-dealkylation sites (tertiary alicyclic amines) is 2. The van der Waals surface area contributed by atoms with Crippen molar-refractivity contribution in [2.24, 2.45) is 7.05 Å². The summed E-state index contributed by atoms with van der Waals surface area (Å²) in [4.78, 5) is 28.3. The van der Waals surface area contributed by atoms with Crippen LogP contribution in [0.2, 0.25) is 0 Å². The van der Waals surface area contributed by atoms with Gasteiger partial charge in [0.1, 0.15) is 12.2 Å². The molecular weight excluding hydrogens is 294 g/mol. The number of hydrogen-bond donors (Lipinski definition) is 0. The summed E-state index contributed by atoms with van der Waals surface area (Å²) in [6, 6.07) is 0. The molecule has 2 saturated heterocycles. The van der Waals surface area contributed by atoms with E-state index in [4.69, 9.17) is 0 Å². The van der Waals surface area contributed by atoms with Crippen molar-refractivity contribution in [3.8, 4) is 0 Å². The number of carbonyl (C=O) groups excluding carboxylic acids is 2. The molecule has 2 fully saturated rings. The predicted octanol–water partition coefficient (Wildman–Crippen LogP) is 0.924. The minimum Gasteiger partial charge on any atom is -0.340 e. The van der Waals surface area contributed by atoms with E-state index in [1.807, 2.05) is 16.5 Å².